The molecule has 0 unspecified atom stereocenters. The number of carbonyl (C=O) groups is 1. The average molecular weight is 308 g/mol. The van der Waals surface area contributed by atoms with E-state index in [1.54, 1.807) is 12.1 Å². The van der Waals surface area contributed by atoms with Gasteiger partial charge in [0, 0.05) is 10.2 Å². The van der Waals surface area contributed by atoms with Gasteiger partial charge in [0.05, 0.1) is 5.56 Å². The van der Waals surface area contributed by atoms with Crippen LogP contribution < -0.4 is 5.32 Å². The highest BCUT2D eigenvalue weighted by molar-refractivity contribution is 9.10. The first kappa shape index (κ1) is 12.8. The molecule has 18 heavy (non-hydrogen) atoms. The molecule has 4 heteroatoms. The number of nitrogens with one attached hydrogen (secondary N) is 1. The largest absolute Gasteiger partial charge is 0.322 e. The maximum Gasteiger partial charge on any atom is 0.256 e. The second-order valence-corrected chi connectivity index (χ2v) is 4.80. The maximum absolute atomic E-state index is 13.1. The zero-order chi connectivity index (χ0) is 13.1. The molecule has 2 rings (SSSR count). The number of halogens is 2. The molecule has 0 aliphatic carbocycles. The summed E-state index contributed by atoms with van der Waals surface area (Å²) >= 11 is 3.23. The molecule has 0 saturated carbocycles. The number of anilines is 1. The van der Waals surface area contributed by atoms with Crippen molar-refractivity contribution in [1.29, 1.82) is 0 Å². The van der Waals surface area contributed by atoms with Crippen LogP contribution in [0.25, 0.3) is 0 Å². The minimum absolute atomic E-state index is 0.274. The van der Waals surface area contributed by atoms with Crippen molar-refractivity contribution >= 4 is 27.5 Å². The lowest BCUT2D eigenvalue weighted by Gasteiger charge is -2.07. The van der Waals surface area contributed by atoms with Gasteiger partial charge in [-0.05, 0) is 53.2 Å². The van der Waals surface area contributed by atoms with Crippen LogP contribution in [0.2, 0.25) is 0 Å². The van der Waals surface area contributed by atoms with Crippen molar-refractivity contribution in [2.75, 3.05) is 5.32 Å². The lowest BCUT2D eigenvalue weighted by molar-refractivity contribution is 0.102. The minimum Gasteiger partial charge on any atom is -0.322 e. The molecule has 2 aromatic rings. The van der Waals surface area contributed by atoms with E-state index < -0.39 is 5.82 Å². The molecular formula is C14H11BrFNO. The molecule has 0 heterocycles. The van der Waals surface area contributed by atoms with Gasteiger partial charge in [-0.2, -0.15) is 0 Å². The van der Waals surface area contributed by atoms with E-state index in [4.69, 9.17) is 0 Å². The van der Waals surface area contributed by atoms with Crippen LogP contribution in [-0.2, 0) is 0 Å². The molecule has 92 valence electrons. The number of rotatable bonds is 2. The molecule has 0 atom stereocenters. The van der Waals surface area contributed by atoms with E-state index in [0.29, 0.717) is 10.2 Å². The number of hydrogen-bond donors (Lipinski definition) is 1. The summed E-state index contributed by atoms with van der Waals surface area (Å²) in [6.45, 7) is 1.97. The molecule has 0 radical (unpaired) electrons. The minimum atomic E-state index is -0.438. The quantitative estimate of drug-likeness (QED) is 0.887. The van der Waals surface area contributed by atoms with Gasteiger partial charge in [0.15, 0.2) is 0 Å². The predicted molar refractivity (Wildman–Crippen MR) is 73.2 cm³/mol. The Hall–Kier alpha value is -1.68. The zero-order valence-electron chi connectivity index (χ0n) is 9.71. The average Bonchev–Trinajstić information content (AvgIpc) is 2.35. The second-order valence-electron chi connectivity index (χ2n) is 3.94. The molecule has 2 nitrogen and oxygen atoms in total. The molecule has 0 saturated heterocycles. The van der Waals surface area contributed by atoms with Crippen molar-refractivity contribution in [3.8, 4) is 0 Å². The normalized spacial score (nSPS) is 10.2. The number of amides is 1. The molecule has 0 fully saturated rings. The summed E-state index contributed by atoms with van der Waals surface area (Å²) in [5.74, 6) is -0.780. The Bertz CT molecular complexity index is 581. The first-order chi connectivity index (χ1) is 8.56. The molecule has 1 N–H and O–H groups in total. The number of hydrogen-bond acceptors (Lipinski definition) is 1. The molecule has 2 aromatic carbocycles. The van der Waals surface area contributed by atoms with Gasteiger partial charge in [0.25, 0.3) is 5.91 Å². The van der Waals surface area contributed by atoms with Crippen LogP contribution >= 0.6 is 15.9 Å². The lowest BCUT2D eigenvalue weighted by atomic mass is 10.2. The SMILES string of the molecule is Cc1ccc(NC(=O)c2cc(F)ccc2Br)cc1. The fourth-order valence-corrected chi connectivity index (χ4v) is 1.93. The molecule has 0 aromatic heterocycles. The van der Waals surface area contributed by atoms with Crippen molar-refractivity contribution in [2.24, 2.45) is 0 Å². The third kappa shape index (κ3) is 2.96. The molecule has 1 amide bonds. The monoisotopic (exact) mass is 307 g/mol. The van der Waals surface area contributed by atoms with Crippen LogP contribution in [0.3, 0.4) is 0 Å². The van der Waals surface area contributed by atoms with Gasteiger partial charge >= 0.3 is 0 Å². The van der Waals surface area contributed by atoms with Gasteiger partial charge in [-0.1, -0.05) is 17.7 Å². The third-order valence-corrected chi connectivity index (χ3v) is 3.17. The van der Waals surface area contributed by atoms with E-state index in [0.717, 1.165) is 5.56 Å². The van der Waals surface area contributed by atoms with Crippen LogP contribution in [0.4, 0.5) is 10.1 Å². The van der Waals surface area contributed by atoms with Crippen molar-refractivity contribution in [2.45, 2.75) is 6.92 Å². The Morgan fingerprint density at radius 2 is 1.83 bits per heavy atom. The van der Waals surface area contributed by atoms with E-state index in [-0.39, 0.29) is 11.5 Å². The second kappa shape index (κ2) is 5.31. The van der Waals surface area contributed by atoms with Gasteiger partial charge in [0.2, 0.25) is 0 Å². The Morgan fingerprint density at radius 3 is 2.50 bits per heavy atom. The summed E-state index contributed by atoms with van der Waals surface area (Å²) in [6.07, 6.45) is 0. The summed E-state index contributed by atoms with van der Waals surface area (Å²) in [5, 5.41) is 2.72. The van der Waals surface area contributed by atoms with E-state index in [2.05, 4.69) is 21.2 Å². The topological polar surface area (TPSA) is 29.1 Å². The van der Waals surface area contributed by atoms with Crippen LogP contribution in [-0.4, -0.2) is 5.91 Å². The highest BCUT2D eigenvalue weighted by Crippen LogP contribution is 2.19. The predicted octanol–water partition coefficient (Wildman–Crippen LogP) is 4.15. The van der Waals surface area contributed by atoms with E-state index in [9.17, 15) is 9.18 Å². The van der Waals surface area contributed by atoms with Crippen LogP contribution in [0.5, 0.6) is 0 Å². The highest BCUT2D eigenvalue weighted by Gasteiger charge is 2.11. The molecule has 0 spiro atoms. The van der Waals surface area contributed by atoms with E-state index >= 15 is 0 Å². The summed E-state index contributed by atoms with van der Waals surface area (Å²) in [7, 11) is 0. The van der Waals surface area contributed by atoms with Crippen LogP contribution in [0.1, 0.15) is 15.9 Å². The van der Waals surface area contributed by atoms with Crippen molar-refractivity contribution in [3.63, 3.8) is 0 Å². The van der Waals surface area contributed by atoms with Crippen molar-refractivity contribution in [3.05, 3.63) is 63.9 Å². The fourth-order valence-electron chi connectivity index (χ4n) is 1.51. The van der Waals surface area contributed by atoms with Gasteiger partial charge in [-0.3, -0.25) is 4.79 Å². The first-order valence-corrected chi connectivity index (χ1v) is 6.18. The van der Waals surface area contributed by atoms with Gasteiger partial charge in [-0.25, -0.2) is 4.39 Å². The van der Waals surface area contributed by atoms with Crippen molar-refractivity contribution < 1.29 is 9.18 Å². The highest BCUT2D eigenvalue weighted by atomic mass is 79.9. The van der Waals surface area contributed by atoms with Gasteiger partial charge in [-0.15, -0.1) is 0 Å². The summed E-state index contributed by atoms with van der Waals surface area (Å²) < 4.78 is 13.7. The Kier molecular flexibility index (Phi) is 3.77. The summed E-state index contributed by atoms with van der Waals surface area (Å²) in [6, 6.07) is 11.4. The molecular weight excluding hydrogens is 297 g/mol. The van der Waals surface area contributed by atoms with Crippen LogP contribution in [0, 0.1) is 12.7 Å². The zero-order valence-corrected chi connectivity index (χ0v) is 11.3. The Labute approximate surface area is 113 Å². The van der Waals surface area contributed by atoms with Crippen LogP contribution in [0.15, 0.2) is 46.9 Å². The fraction of sp³-hybridized carbons (Fsp3) is 0.0714. The van der Waals surface area contributed by atoms with Gasteiger partial charge < -0.3 is 5.32 Å². The van der Waals surface area contributed by atoms with E-state index in [1.165, 1.54) is 18.2 Å². The number of benzene rings is 2. The smallest absolute Gasteiger partial charge is 0.256 e. The first-order valence-electron chi connectivity index (χ1n) is 5.39. The Balaban J connectivity index is 2.21. The lowest BCUT2D eigenvalue weighted by Crippen LogP contribution is -2.12. The molecule has 0 bridgehead atoms. The number of aryl methyl sites for hydroxylation is 1. The third-order valence-electron chi connectivity index (χ3n) is 2.48. The maximum atomic E-state index is 13.1. The molecule has 0 aliphatic rings. The summed E-state index contributed by atoms with van der Waals surface area (Å²) in [5.41, 5.74) is 2.07. The number of carbonyl (C=O) groups excluding carboxylic acids is 1. The summed E-state index contributed by atoms with van der Waals surface area (Å²) in [4.78, 5) is 12.0. The van der Waals surface area contributed by atoms with Gasteiger partial charge in [0.1, 0.15) is 5.82 Å². The van der Waals surface area contributed by atoms with E-state index in [1.807, 2.05) is 19.1 Å². The Morgan fingerprint density at radius 1 is 1.17 bits per heavy atom. The standard InChI is InChI=1S/C14H11BrFNO/c1-9-2-5-11(6-3-9)17-14(18)12-8-10(16)4-7-13(12)15/h2-8H,1H3,(H,17,18). The van der Waals surface area contributed by atoms with Crippen molar-refractivity contribution in [1.82, 2.24) is 0 Å². The molecule has 0 aliphatic heterocycles.